The van der Waals surface area contributed by atoms with Gasteiger partial charge in [-0.1, -0.05) is 24.6 Å². The van der Waals surface area contributed by atoms with Crippen molar-refractivity contribution in [3.8, 4) is 0 Å². The Hall–Kier alpha value is -0.650. The minimum Gasteiger partial charge on any atom is -0.265 e. The maximum Gasteiger partial charge on any atom is 0.267 e. The van der Waals surface area contributed by atoms with Crippen molar-refractivity contribution < 1.29 is 12.6 Å². The maximum atomic E-state index is 11.2. The van der Waals surface area contributed by atoms with Crippen LogP contribution in [0.4, 0.5) is 0 Å². The molecular formula is C9H12ClNO3S. The highest BCUT2D eigenvalue weighted by Gasteiger charge is 2.09. The quantitative estimate of drug-likeness (QED) is 0.592. The minimum atomic E-state index is -3.40. The number of rotatable bonds is 5. The van der Waals surface area contributed by atoms with Crippen LogP contribution >= 0.6 is 11.6 Å². The predicted molar refractivity (Wildman–Crippen MR) is 58.1 cm³/mol. The first kappa shape index (κ1) is 12.4. The van der Waals surface area contributed by atoms with Gasteiger partial charge in [0.1, 0.15) is 5.15 Å². The van der Waals surface area contributed by atoms with E-state index in [4.69, 9.17) is 15.8 Å². The molecule has 1 aromatic heterocycles. The maximum absolute atomic E-state index is 11.2. The third-order valence-corrected chi connectivity index (χ3v) is 3.26. The van der Waals surface area contributed by atoms with Gasteiger partial charge in [-0.15, -0.1) is 0 Å². The van der Waals surface area contributed by atoms with Gasteiger partial charge in [0, 0.05) is 6.20 Å². The smallest absolute Gasteiger partial charge is 0.265 e. The highest BCUT2D eigenvalue weighted by Crippen LogP contribution is 2.08. The van der Waals surface area contributed by atoms with E-state index in [0.717, 1.165) is 0 Å². The molecule has 0 N–H and O–H groups in total. The van der Waals surface area contributed by atoms with Crippen molar-refractivity contribution in [2.24, 2.45) is 0 Å². The molecule has 84 valence electrons. The summed E-state index contributed by atoms with van der Waals surface area (Å²) in [5.74, 6) is 0.0357. The van der Waals surface area contributed by atoms with E-state index in [1.807, 2.05) is 0 Å². The number of nitrogens with zero attached hydrogens (tertiary/aromatic N) is 1. The number of hydrogen-bond acceptors (Lipinski definition) is 4. The van der Waals surface area contributed by atoms with Crippen molar-refractivity contribution in [1.82, 2.24) is 4.98 Å². The van der Waals surface area contributed by atoms with E-state index < -0.39 is 10.1 Å². The van der Waals surface area contributed by atoms with Gasteiger partial charge in [0.2, 0.25) is 0 Å². The molecule has 0 bridgehead atoms. The Morgan fingerprint density at radius 2 is 2.20 bits per heavy atom. The number of aromatic nitrogens is 1. The first-order valence-electron chi connectivity index (χ1n) is 4.51. The van der Waals surface area contributed by atoms with Crippen molar-refractivity contribution in [2.75, 3.05) is 5.75 Å². The van der Waals surface area contributed by atoms with E-state index >= 15 is 0 Å². The summed E-state index contributed by atoms with van der Waals surface area (Å²) in [6.07, 6.45) is 2.03. The Labute approximate surface area is 94.4 Å². The standard InChI is InChI=1S/C9H12ClNO3S/c1-2-5-15(12,13)14-7-8-3-4-9(10)11-6-8/h3-4,6H,2,5,7H2,1H3. The molecule has 0 amide bonds. The van der Waals surface area contributed by atoms with E-state index in [2.05, 4.69) is 4.98 Å². The molecule has 0 aromatic carbocycles. The van der Waals surface area contributed by atoms with Gasteiger partial charge in [0.05, 0.1) is 12.4 Å². The van der Waals surface area contributed by atoms with E-state index in [0.29, 0.717) is 17.1 Å². The molecule has 0 unspecified atom stereocenters. The van der Waals surface area contributed by atoms with E-state index in [9.17, 15) is 8.42 Å². The van der Waals surface area contributed by atoms with Gasteiger partial charge in [-0.05, 0) is 18.1 Å². The SMILES string of the molecule is CCCS(=O)(=O)OCc1ccc(Cl)nc1. The molecule has 15 heavy (non-hydrogen) atoms. The first-order valence-corrected chi connectivity index (χ1v) is 6.46. The number of hydrogen-bond donors (Lipinski definition) is 0. The molecular weight excluding hydrogens is 238 g/mol. The van der Waals surface area contributed by atoms with Crippen LogP contribution in [-0.4, -0.2) is 19.2 Å². The Morgan fingerprint density at radius 3 is 2.73 bits per heavy atom. The fourth-order valence-corrected chi connectivity index (χ4v) is 2.00. The summed E-state index contributed by atoms with van der Waals surface area (Å²) in [5.41, 5.74) is 0.680. The molecule has 0 aliphatic heterocycles. The van der Waals surface area contributed by atoms with Crippen LogP contribution in [0.15, 0.2) is 18.3 Å². The van der Waals surface area contributed by atoms with Crippen LogP contribution in [0.3, 0.4) is 0 Å². The molecule has 0 radical (unpaired) electrons. The van der Waals surface area contributed by atoms with Crippen LogP contribution in [-0.2, 0) is 20.9 Å². The molecule has 4 nitrogen and oxygen atoms in total. The summed E-state index contributed by atoms with van der Waals surface area (Å²) in [6, 6.07) is 3.27. The Balaban J connectivity index is 2.54. The topological polar surface area (TPSA) is 56.3 Å². The van der Waals surface area contributed by atoms with Gasteiger partial charge in [-0.2, -0.15) is 8.42 Å². The fourth-order valence-electron chi connectivity index (χ4n) is 0.959. The third kappa shape index (κ3) is 4.59. The molecule has 0 aliphatic carbocycles. The lowest BCUT2D eigenvalue weighted by atomic mass is 10.3. The minimum absolute atomic E-state index is 0.00645. The molecule has 1 heterocycles. The highest BCUT2D eigenvalue weighted by atomic mass is 35.5. The molecule has 0 spiro atoms. The Morgan fingerprint density at radius 1 is 1.47 bits per heavy atom. The number of pyridine rings is 1. The largest absolute Gasteiger partial charge is 0.267 e. The summed E-state index contributed by atoms with van der Waals surface area (Å²) in [6.45, 7) is 1.79. The van der Waals surface area contributed by atoms with E-state index in [-0.39, 0.29) is 12.4 Å². The van der Waals surface area contributed by atoms with Crippen LogP contribution in [0.25, 0.3) is 0 Å². The average Bonchev–Trinajstić information content (AvgIpc) is 2.17. The van der Waals surface area contributed by atoms with Crippen molar-refractivity contribution in [3.63, 3.8) is 0 Å². The molecule has 0 atom stereocenters. The van der Waals surface area contributed by atoms with Crippen LogP contribution in [0.1, 0.15) is 18.9 Å². The zero-order chi connectivity index (χ0) is 11.3. The molecule has 0 saturated heterocycles. The van der Waals surface area contributed by atoms with Gasteiger partial charge in [-0.3, -0.25) is 4.18 Å². The zero-order valence-electron chi connectivity index (χ0n) is 8.31. The third-order valence-electron chi connectivity index (χ3n) is 1.65. The molecule has 0 fully saturated rings. The molecule has 0 aliphatic rings. The van der Waals surface area contributed by atoms with Crippen molar-refractivity contribution >= 4 is 21.7 Å². The van der Waals surface area contributed by atoms with Crippen LogP contribution in [0, 0.1) is 0 Å². The first-order chi connectivity index (χ1) is 7.03. The lowest BCUT2D eigenvalue weighted by molar-refractivity contribution is 0.307. The van der Waals surface area contributed by atoms with Gasteiger partial charge in [-0.25, -0.2) is 4.98 Å². The normalized spacial score (nSPS) is 11.6. The Bertz CT molecular complexity index is 402. The van der Waals surface area contributed by atoms with Crippen LogP contribution in [0.5, 0.6) is 0 Å². The van der Waals surface area contributed by atoms with E-state index in [1.165, 1.54) is 6.20 Å². The molecule has 6 heteroatoms. The predicted octanol–water partition coefficient (Wildman–Crippen LogP) is 1.99. The summed E-state index contributed by atoms with van der Waals surface area (Å²) >= 11 is 5.58. The van der Waals surface area contributed by atoms with Crippen molar-refractivity contribution in [1.29, 1.82) is 0 Å². The highest BCUT2D eigenvalue weighted by molar-refractivity contribution is 7.86. The Kier molecular flexibility index (Phi) is 4.50. The summed E-state index contributed by atoms with van der Waals surface area (Å²) in [5, 5.41) is 0.371. The summed E-state index contributed by atoms with van der Waals surface area (Å²) in [4.78, 5) is 3.82. The van der Waals surface area contributed by atoms with Crippen LogP contribution in [0.2, 0.25) is 5.15 Å². The van der Waals surface area contributed by atoms with Gasteiger partial charge >= 0.3 is 0 Å². The monoisotopic (exact) mass is 249 g/mol. The number of halogens is 1. The fraction of sp³-hybridized carbons (Fsp3) is 0.444. The van der Waals surface area contributed by atoms with Gasteiger partial charge in [0.25, 0.3) is 10.1 Å². The molecule has 1 rings (SSSR count). The molecule has 1 aromatic rings. The lowest BCUT2D eigenvalue weighted by Gasteiger charge is -2.03. The second-order valence-corrected chi connectivity index (χ2v) is 5.16. The second-order valence-electron chi connectivity index (χ2n) is 3.01. The molecule has 0 saturated carbocycles. The van der Waals surface area contributed by atoms with Gasteiger partial charge in [0.15, 0.2) is 0 Å². The summed E-state index contributed by atoms with van der Waals surface area (Å²) < 4.78 is 27.2. The average molecular weight is 250 g/mol. The van der Waals surface area contributed by atoms with E-state index in [1.54, 1.807) is 19.1 Å². The summed E-state index contributed by atoms with van der Waals surface area (Å²) in [7, 11) is -3.40. The van der Waals surface area contributed by atoms with Crippen molar-refractivity contribution in [2.45, 2.75) is 20.0 Å². The zero-order valence-corrected chi connectivity index (χ0v) is 9.88. The second kappa shape index (κ2) is 5.44. The van der Waals surface area contributed by atoms with Crippen LogP contribution < -0.4 is 0 Å². The lowest BCUT2D eigenvalue weighted by Crippen LogP contribution is -2.09. The van der Waals surface area contributed by atoms with Gasteiger partial charge < -0.3 is 0 Å². The van der Waals surface area contributed by atoms with Crippen molar-refractivity contribution in [3.05, 3.63) is 29.0 Å².